The molecule has 2 fully saturated rings. The van der Waals surface area contributed by atoms with Crippen molar-refractivity contribution in [3.63, 3.8) is 0 Å². The molecule has 1 atom stereocenters. The molecule has 110 valence electrons. The van der Waals surface area contributed by atoms with Crippen LogP contribution in [-0.2, 0) is 6.54 Å². The smallest absolute Gasteiger partial charge is 0.0445 e. The fraction of sp³-hybridized carbons (Fsp3) is 0.706. The van der Waals surface area contributed by atoms with Crippen LogP contribution in [0.2, 0.25) is 0 Å². The van der Waals surface area contributed by atoms with Crippen molar-refractivity contribution < 1.29 is 0 Å². The van der Waals surface area contributed by atoms with E-state index in [1.807, 2.05) is 0 Å². The molecule has 1 unspecified atom stereocenters. The average molecular weight is 273 g/mol. The number of aromatic nitrogens is 1. The molecule has 0 radical (unpaired) electrons. The Morgan fingerprint density at radius 1 is 1.35 bits per heavy atom. The maximum absolute atomic E-state index is 4.50. The van der Waals surface area contributed by atoms with Gasteiger partial charge in [0.2, 0.25) is 0 Å². The summed E-state index contributed by atoms with van der Waals surface area (Å²) in [6.45, 7) is 7.81. The molecule has 1 aromatic rings. The highest BCUT2D eigenvalue weighted by Crippen LogP contribution is 2.30. The van der Waals surface area contributed by atoms with E-state index in [-0.39, 0.29) is 0 Å². The Kier molecular flexibility index (Phi) is 4.25. The predicted molar refractivity (Wildman–Crippen MR) is 84.1 cm³/mol. The maximum atomic E-state index is 4.50. The molecule has 3 nitrogen and oxygen atoms in total. The van der Waals surface area contributed by atoms with Crippen LogP contribution in [0.25, 0.3) is 0 Å². The van der Waals surface area contributed by atoms with Gasteiger partial charge in [0.15, 0.2) is 0 Å². The number of aryl methyl sites for hydroxylation is 1. The van der Waals surface area contributed by atoms with Gasteiger partial charge in [0, 0.05) is 48.8 Å². The van der Waals surface area contributed by atoms with Crippen LogP contribution >= 0.6 is 0 Å². The summed E-state index contributed by atoms with van der Waals surface area (Å²) in [6, 6.07) is 3.04. The van der Waals surface area contributed by atoms with Crippen LogP contribution < -0.4 is 10.2 Å². The van der Waals surface area contributed by atoms with Crippen LogP contribution in [0.5, 0.6) is 0 Å². The first kappa shape index (κ1) is 13.9. The van der Waals surface area contributed by atoms with Gasteiger partial charge < -0.3 is 10.2 Å². The summed E-state index contributed by atoms with van der Waals surface area (Å²) in [5.41, 5.74) is 3.93. The van der Waals surface area contributed by atoms with Crippen molar-refractivity contribution in [1.82, 2.24) is 10.3 Å². The normalized spacial score (nSPS) is 22.5. The number of hydrogen-bond donors (Lipinski definition) is 1. The molecule has 2 heterocycles. The lowest BCUT2D eigenvalue weighted by Gasteiger charge is -2.22. The molecule has 3 rings (SSSR count). The van der Waals surface area contributed by atoms with Gasteiger partial charge in [0.05, 0.1) is 0 Å². The van der Waals surface area contributed by atoms with E-state index in [0.29, 0.717) is 0 Å². The first-order valence-electron chi connectivity index (χ1n) is 8.20. The summed E-state index contributed by atoms with van der Waals surface area (Å²) in [5, 5.41) is 3.63. The van der Waals surface area contributed by atoms with E-state index >= 15 is 0 Å². The lowest BCUT2D eigenvalue weighted by atomic mass is 10.0. The van der Waals surface area contributed by atoms with E-state index in [4.69, 9.17) is 0 Å². The summed E-state index contributed by atoms with van der Waals surface area (Å²) in [4.78, 5) is 7.08. The highest BCUT2D eigenvalue weighted by molar-refractivity contribution is 5.54. The summed E-state index contributed by atoms with van der Waals surface area (Å²) in [5.74, 6) is 0.887. The largest absolute Gasteiger partial charge is 0.371 e. The third-order valence-corrected chi connectivity index (χ3v) is 4.58. The van der Waals surface area contributed by atoms with Crippen LogP contribution in [0.3, 0.4) is 0 Å². The molecule has 1 aliphatic carbocycles. The Bertz CT molecular complexity index is 454. The van der Waals surface area contributed by atoms with Gasteiger partial charge in [-0.25, -0.2) is 0 Å². The number of nitrogens with zero attached hydrogens (tertiary/aromatic N) is 2. The molecule has 1 N–H and O–H groups in total. The molecule has 1 aliphatic heterocycles. The van der Waals surface area contributed by atoms with E-state index in [0.717, 1.165) is 24.2 Å². The standard InChI is InChI=1S/C17H27N3/c1-3-4-14-7-8-20(12-14)17-9-13(2)18-10-15(17)11-19-16-5-6-16/h9-10,14,16,19H,3-8,11-12H2,1-2H3. The van der Waals surface area contributed by atoms with Gasteiger partial charge in [0.25, 0.3) is 0 Å². The molecule has 0 spiro atoms. The summed E-state index contributed by atoms with van der Waals surface area (Å²) in [7, 11) is 0. The van der Waals surface area contributed by atoms with Gasteiger partial charge in [-0.05, 0) is 44.6 Å². The molecule has 1 saturated carbocycles. The molecule has 0 aromatic carbocycles. The lowest BCUT2D eigenvalue weighted by molar-refractivity contribution is 0.529. The number of pyridine rings is 1. The fourth-order valence-corrected chi connectivity index (χ4v) is 3.24. The predicted octanol–water partition coefficient (Wildman–Crippen LogP) is 3.27. The Labute approximate surface area is 122 Å². The number of nitrogens with one attached hydrogen (secondary N) is 1. The van der Waals surface area contributed by atoms with Crippen molar-refractivity contribution in [2.24, 2.45) is 5.92 Å². The van der Waals surface area contributed by atoms with Crippen LogP contribution in [0.1, 0.15) is 50.3 Å². The first-order chi connectivity index (χ1) is 9.76. The van der Waals surface area contributed by atoms with Gasteiger partial charge in [-0.1, -0.05) is 13.3 Å². The van der Waals surface area contributed by atoms with E-state index in [2.05, 4.69) is 41.3 Å². The second-order valence-corrected chi connectivity index (χ2v) is 6.50. The molecule has 1 saturated heterocycles. The van der Waals surface area contributed by atoms with Crippen LogP contribution in [0.4, 0.5) is 5.69 Å². The SMILES string of the molecule is CCCC1CCN(c2cc(C)ncc2CNC2CC2)C1. The first-order valence-corrected chi connectivity index (χ1v) is 8.20. The third kappa shape index (κ3) is 3.32. The zero-order valence-corrected chi connectivity index (χ0v) is 12.9. The summed E-state index contributed by atoms with van der Waals surface area (Å²) >= 11 is 0. The average Bonchev–Trinajstić information content (AvgIpc) is 3.16. The van der Waals surface area contributed by atoms with Crippen molar-refractivity contribution in [2.75, 3.05) is 18.0 Å². The molecular formula is C17H27N3. The van der Waals surface area contributed by atoms with Gasteiger partial charge in [-0.2, -0.15) is 0 Å². The highest BCUT2D eigenvalue weighted by Gasteiger charge is 2.25. The minimum absolute atomic E-state index is 0.760. The second-order valence-electron chi connectivity index (χ2n) is 6.50. The summed E-state index contributed by atoms with van der Waals surface area (Å²) in [6.07, 6.45) is 8.80. The number of anilines is 1. The minimum Gasteiger partial charge on any atom is -0.371 e. The monoisotopic (exact) mass is 273 g/mol. The van der Waals surface area contributed by atoms with Crippen molar-refractivity contribution in [3.05, 3.63) is 23.5 Å². The van der Waals surface area contributed by atoms with E-state index < -0.39 is 0 Å². The third-order valence-electron chi connectivity index (χ3n) is 4.58. The number of rotatable bonds is 6. The topological polar surface area (TPSA) is 28.2 Å². The van der Waals surface area contributed by atoms with Crippen LogP contribution in [0.15, 0.2) is 12.3 Å². The van der Waals surface area contributed by atoms with Crippen molar-refractivity contribution in [3.8, 4) is 0 Å². The van der Waals surface area contributed by atoms with Gasteiger partial charge in [-0.15, -0.1) is 0 Å². The van der Waals surface area contributed by atoms with Gasteiger partial charge in [0.1, 0.15) is 0 Å². The second kappa shape index (κ2) is 6.13. The summed E-state index contributed by atoms with van der Waals surface area (Å²) < 4.78 is 0. The Balaban J connectivity index is 1.71. The van der Waals surface area contributed by atoms with E-state index in [9.17, 15) is 0 Å². The Morgan fingerprint density at radius 3 is 2.95 bits per heavy atom. The molecular weight excluding hydrogens is 246 g/mol. The van der Waals surface area contributed by atoms with E-state index in [1.165, 1.54) is 56.4 Å². The molecule has 3 heteroatoms. The quantitative estimate of drug-likeness (QED) is 0.862. The lowest BCUT2D eigenvalue weighted by Crippen LogP contribution is -2.24. The Morgan fingerprint density at radius 2 is 2.20 bits per heavy atom. The van der Waals surface area contributed by atoms with Crippen molar-refractivity contribution >= 4 is 5.69 Å². The zero-order chi connectivity index (χ0) is 13.9. The van der Waals surface area contributed by atoms with E-state index in [1.54, 1.807) is 0 Å². The molecule has 0 amide bonds. The molecule has 1 aromatic heterocycles. The number of hydrogen-bond acceptors (Lipinski definition) is 3. The maximum Gasteiger partial charge on any atom is 0.0445 e. The highest BCUT2D eigenvalue weighted by atomic mass is 15.2. The zero-order valence-electron chi connectivity index (χ0n) is 12.9. The molecule has 20 heavy (non-hydrogen) atoms. The van der Waals surface area contributed by atoms with Gasteiger partial charge in [-0.3, -0.25) is 4.98 Å². The Hall–Kier alpha value is -1.09. The minimum atomic E-state index is 0.760. The van der Waals surface area contributed by atoms with Crippen LogP contribution in [-0.4, -0.2) is 24.1 Å². The van der Waals surface area contributed by atoms with Gasteiger partial charge >= 0.3 is 0 Å². The fourth-order valence-electron chi connectivity index (χ4n) is 3.24. The van der Waals surface area contributed by atoms with Crippen molar-refractivity contribution in [1.29, 1.82) is 0 Å². The van der Waals surface area contributed by atoms with Crippen molar-refractivity contribution in [2.45, 2.75) is 58.5 Å². The van der Waals surface area contributed by atoms with Crippen LogP contribution in [0, 0.1) is 12.8 Å². The molecule has 0 bridgehead atoms. The molecule has 2 aliphatic rings.